The molecule has 5 nitrogen and oxygen atoms in total. The van der Waals surface area contributed by atoms with Gasteiger partial charge in [0.1, 0.15) is 0 Å². The van der Waals surface area contributed by atoms with E-state index in [1.807, 2.05) is 0 Å². The summed E-state index contributed by atoms with van der Waals surface area (Å²) in [6.07, 6.45) is -2.99. The van der Waals surface area contributed by atoms with Gasteiger partial charge in [0, 0.05) is 11.9 Å². The number of halogens is 3. The molecule has 0 bridgehead atoms. The van der Waals surface area contributed by atoms with Gasteiger partial charge in [0.05, 0.1) is 25.0 Å². The van der Waals surface area contributed by atoms with E-state index in [4.69, 9.17) is 9.52 Å². The highest BCUT2D eigenvalue weighted by atomic mass is 32.1. The molecule has 0 spiro atoms. The molecule has 0 aliphatic heterocycles. The first-order valence-corrected chi connectivity index (χ1v) is 6.70. The van der Waals surface area contributed by atoms with Gasteiger partial charge in [0.15, 0.2) is 10.8 Å². The number of hydrogen-bond donors (Lipinski definition) is 1. The molecule has 0 amide bonds. The van der Waals surface area contributed by atoms with Crippen molar-refractivity contribution in [2.45, 2.75) is 12.7 Å². The van der Waals surface area contributed by atoms with E-state index in [0.717, 1.165) is 4.90 Å². The third kappa shape index (κ3) is 4.87. The molecule has 2 aromatic heterocycles. The molecule has 0 atom stereocenters. The van der Waals surface area contributed by atoms with Crippen molar-refractivity contribution >= 4 is 17.3 Å². The van der Waals surface area contributed by atoms with E-state index in [0.29, 0.717) is 16.5 Å². The van der Waals surface area contributed by atoms with E-state index in [-0.39, 0.29) is 6.54 Å². The minimum atomic E-state index is -4.46. The summed E-state index contributed by atoms with van der Waals surface area (Å²) in [5, 5.41) is 10.8. The molecular weight excluding hydrogens is 309 g/mol. The van der Waals surface area contributed by atoms with Gasteiger partial charge >= 0.3 is 12.1 Å². The van der Waals surface area contributed by atoms with Gasteiger partial charge in [-0.3, -0.25) is 9.69 Å². The number of furan rings is 1. The number of thiazole rings is 1. The zero-order valence-corrected chi connectivity index (χ0v) is 11.4. The van der Waals surface area contributed by atoms with Crippen molar-refractivity contribution in [3.8, 4) is 10.8 Å². The van der Waals surface area contributed by atoms with Crippen LogP contribution >= 0.6 is 11.3 Å². The van der Waals surface area contributed by atoms with Crippen molar-refractivity contribution in [2.75, 3.05) is 13.1 Å². The molecule has 0 fully saturated rings. The first-order valence-electron chi connectivity index (χ1n) is 5.82. The van der Waals surface area contributed by atoms with Gasteiger partial charge in [-0.25, -0.2) is 4.98 Å². The Hall–Kier alpha value is -1.87. The first kappa shape index (κ1) is 15.5. The van der Waals surface area contributed by atoms with Crippen LogP contribution in [-0.2, 0) is 11.3 Å². The summed E-state index contributed by atoms with van der Waals surface area (Å²) < 4.78 is 42.4. The topological polar surface area (TPSA) is 66.6 Å². The number of carboxylic acids is 1. The Morgan fingerprint density at radius 2 is 2.24 bits per heavy atom. The Balaban J connectivity index is 2.07. The monoisotopic (exact) mass is 320 g/mol. The van der Waals surface area contributed by atoms with Gasteiger partial charge in [-0.05, 0) is 12.1 Å². The van der Waals surface area contributed by atoms with Crippen molar-refractivity contribution in [1.82, 2.24) is 9.88 Å². The fraction of sp³-hybridized carbons (Fsp3) is 0.333. The van der Waals surface area contributed by atoms with Crippen LogP contribution in [0.5, 0.6) is 0 Å². The summed E-state index contributed by atoms with van der Waals surface area (Å²) in [6.45, 7) is -2.19. The summed E-state index contributed by atoms with van der Waals surface area (Å²) in [4.78, 5) is 15.6. The molecule has 0 aromatic carbocycles. The predicted octanol–water partition coefficient (Wildman–Crippen LogP) is 2.85. The van der Waals surface area contributed by atoms with Crippen LogP contribution in [0.4, 0.5) is 13.2 Å². The van der Waals surface area contributed by atoms with Crippen LogP contribution in [0, 0.1) is 0 Å². The second-order valence-electron chi connectivity index (χ2n) is 4.28. The molecule has 1 N–H and O–H groups in total. The van der Waals surface area contributed by atoms with Gasteiger partial charge in [0.2, 0.25) is 0 Å². The van der Waals surface area contributed by atoms with Gasteiger partial charge in [0.25, 0.3) is 0 Å². The maximum Gasteiger partial charge on any atom is 0.401 e. The van der Waals surface area contributed by atoms with E-state index >= 15 is 0 Å². The number of aromatic nitrogens is 1. The lowest BCUT2D eigenvalue weighted by Crippen LogP contribution is -2.37. The van der Waals surface area contributed by atoms with Crippen LogP contribution < -0.4 is 0 Å². The highest BCUT2D eigenvalue weighted by molar-refractivity contribution is 7.13. The summed E-state index contributed by atoms with van der Waals surface area (Å²) in [6, 6.07) is 3.37. The molecular formula is C12H11F3N2O3S. The zero-order valence-electron chi connectivity index (χ0n) is 10.6. The second-order valence-corrected chi connectivity index (χ2v) is 5.13. The summed E-state index contributed by atoms with van der Waals surface area (Å²) >= 11 is 1.23. The van der Waals surface area contributed by atoms with Crippen LogP contribution in [0.2, 0.25) is 0 Å². The molecule has 0 unspecified atom stereocenters. The Morgan fingerprint density at radius 3 is 2.81 bits per heavy atom. The number of hydrogen-bond acceptors (Lipinski definition) is 5. The SMILES string of the molecule is O=C(O)CN(Cc1csc(-c2ccco2)n1)CC(F)(F)F. The minimum Gasteiger partial charge on any atom is -0.480 e. The smallest absolute Gasteiger partial charge is 0.401 e. The number of carbonyl (C=O) groups is 1. The number of carboxylic acid groups (broad SMARTS) is 1. The lowest BCUT2D eigenvalue weighted by molar-refractivity contribution is -0.154. The van der Waals surface area contributed by atoms with Gasteiger partial charge in [-0.15, -0.1) is 11.3 Å². The Bertz CT molecular complexity index is 595. The zero-order chi connectivity index (χ0) is 15.5. The summed E-state index contributed by atoms with van der Waals surface area (Å²) in [5.74, 6) is -0.799. The van der Waals surface area contributed by atoms with E-state index in [9.17, 15) is 18.0 Å². The van der Waals surface area contributed by atoms with E-state index in [1.54, 1.807) is 17.5 Å². The Kier molecular flexibility index (Phi) is 4.63. The van der Waals surface area contributed by atoms with Crippen LogP contribution in [0.3, 0.4) is 0 Å². The van der Waals surface area contributed by atoms with E-state index < -0.39 is 25.2 Å². The molecule has 114 valence electrons. The molecule has 2 rings (SSSR count). The van der Waals surface area contributed by atoms with Gasteiger partial charge < -0.3 is 9.52 Å². The average molecular weight is 320 g/mol. The maximum atomic E-state index is 12.4. The summed E-state index contributed by atoms with van der Waals surface area (Å²) in [5.41, 5.74) is 0.372. The normalized spacial score (nSPS) is 12.0. The third-order valence-corrected chi connectivity index (χ3v) is 3.34. The quantitative estimate of drug-likeness (QED) is 0.886. The Morgan fingerprint density at radius 1 is 1.48 bits per heavy atom. The molecule has 0 aliphatic rings. The van der Waals surface area contributed by atoms with Crippen LogP contribution in [-0.4, -0.2) is 40.2 Å². The van der Waals surface area contributed by atoms with Crippen molar-refractivity contribution in [2.24, 2.45) is 0 Å². The highest BCUT2D eigenvalue weighted by Crippen LogP contribution is 2.25. The van der Waals surface area contributed by atoms with Crippen molar-refractivity contribution in [1.29, 1.82) is 0 Å². The first-order chi connectivity index (χ1) is 9.83. The van der Waals surface area contributed by atoms with Crippen LogP contribution in [0.1, 0.15) is 5.69 Å². The van der Waals surface area contributed by atoms with E-state index in [2.05, 4.69) is 4.98 Å². The van der Waals surface area contributed by atoms with Crippen LogP contribution in [0.15, 0.2) is 28.2 Å². The molecule has 0 radical (unpaired) electrons. The maximum absolute atomic E-state index is 12.4. The number of aliphatic carboxylic acids is 1. The molecule has 0 saturated heterocycles. The highest BCUT2D eigenvalue weighted by Gasteiger charge is 2.31. The summed E-state index contributed by atoms with van der Waals surface area (Å²) in [7, 11) is 0. The standard InChI is InChI=1S/C12H11F3N2O3S/c13-12(14,15)7-17(5-10(18)19)4-8-6-21-11(16-8)9-2-1-3-20-9/h1-3,6H,4-5,7H2,(H,18,19). The van der Waals surface area contributed by atoms with Crippen molar-refractivity contribution < 1.29 is 27.5 Å². The molecule has 2 aromatic rings. The van der Waals surface area contributed by atoms with Gasteiger partial charge in [-0.1, -0.05) is 0 Å². The number of alkyl halides is 3. The van der Waals surface area contributed by atoms with Crippen molar-refractivity contribution in [3.63, 3.8) is 0 Å². The minimum absolute atomic E-state index is 0.191. The molecule has 0 aliphatic carbocycles. The fourth-order valence-electron chi connectivity index (χ4n) is 1.73. The molecule has 21 heavy (non-hydrogen) atoms. The lowest BCUT2D eigenvalue weighted by atomic mass is 10.4. The van der Waals surface area contributed by atoms with E-state index in [1.165, 1.54) is 17.6 Å². The predicted molar refractivity (Wildman–Crippen MR) is 68.8 cm³/mol. The third-order valence-electron chi connectivity index (χ3n) is 2.43. The van der Waals surface area contributed by atoms with Crippen LogP contribution in [0.25, 0.3) is 10.8 Å². The Labute approximate surface area is 121 Å². The second kappa shape index (κ2) is 6.27. The largest absolute Gasteiger partial charge is 0.480 e. The lowest BCUT2D eigenvalue weighted by Gasteiger charge is -2.20. The van der Waals surface area contributed by atoms with Gasteiger partial charge in [-0.2, -0.15) is 13.2 Å². The molecule has 0 saturated carbocycles. The fourth-order valence-corrected chi connectivity index (χ4v) is 2.51. The molecule has 9 heteroatoms. The molecule has 2 heterocycles. The number of rotatable bonds is 6. The van der Waals surface area contributed by atoms with Crippen molar-refractivity contribution in [3.05, 3.63) is 29.5 Å². The number of nitrogens with zero attached hydrogens (tertiary/aromatic N) is 2. The average Bonchev–Trinajstić information content (AvgIpc) is 2.94.